The summed E-state index contributed by atoms with van der Waals surface area (Å²) in [5.74, 6) is 0.839. The lowest BCUT2D eigenvalue weighted by Gasteiger charge is -2.22. The first kappa shape index (κ1) is 15.8. The van der Waals surface area contributed by atoms with E-state index in [1.807, 2.05) is 6.07 Å². The first-order valence-electron chi connectivity index (χ1n) is 7.41. The number of hydrogen-bond acceptors (Lipinski definition) is 4. The lowest BCUT2D eigenvalue weighted by Crippen LogP contribution is -2.31. The maximum Gasteiger partial charge on any atom is 0.238 e. The molecule has 1 atom stereocenters. The van der Waals surface area contributed by atoms with E-state index in [4.69, 9.17) is 9.56 Å². The zero-order chi connectivity index (χ0) is 16.4. The van der Waals surface area contributed by atoms with Crippen LogP contribution in [0.25, 0.3) is 0 Å². The maximum absolute atomic E-state index is 12.2. The van der Waals surface area contributed by atoms with E-state index in [0.717, 1.165) is 36.1 Å². The van der Waals surface area contributed by atoms with Crippen LogP contribution in [0.5, 0.6) is 0 Å². The lowest BCUT2D eigenvalue weighted by atomic mass is 9.93. The summed E-state index contributed by atoms with van der Waals surface area (Å²) in [4.78, 5) is 12.2. The van der Waals surface area contributed by atoms with Gasteiger partial charge in [-0.3, -0.25) is 4.79 Å². The summed E-state index contributed by atoms with van der Waals surface area (Å²) in [7, 11) is -3.71. The van der Waals surface area contributed by atoms with Gasteiger partial charge in [0.1, 0.15) is 5.76 Å². The Bertz CT molecular complexity index is 809. The van der Waals surface area contributed by atoms with Gasteiger partial charge in [0.05, 0.1) is 23.6 Å². The van der Waals surface area contributed by atoms with Crippen molar-refractivity contribution in [1.82, 2.24) is 5.32 Å². The molecule has 0 aliphatic heterocycles. The Kier molecular flexibility index (Phi) is 4.23. The number of nitrogens with one attached hydrogen (secondary N) is 1. The molecule has 3 rings (SSSR count). The van der Waals surface area contributed by atoms with Gasteiger partial charge < -0.3 is 9.73 Å². The fourth-order valence-corrected chi connectivity index (χ4v) is 3.38. The molecule has 1 aromatic heterocycles. The number of nitrogens with two attached hydrogens (primary N) is 1. The number of aryl methyl sites for hydroxylation is 1. The highest BCUT2D eigenvalue weighted by atomic mass is 32.2. The van der Waals surface area contributed by atoms with Gasteiger partial charge in [-0.1, -0.05) is 12.1 Å². The van der Waals surface area contributed by atoms with Gasteiger partial charge in [0.15, 0.2) is 0 Å². The molecule has 0 saturated heterocycles. The van der Waals surface area contributed by atoms with Gasteiger partial charge in [0, 0.05) is 12.0 Å². The molecular weight excluding hydrogens is 316 g/mol. The Labute approximate surface area is 134 Å². The zero-order valence-electron chi connectivity index (χ0n) is 12.5. The summed E-state index contributed by atoms with van der Waals surface area (Å²) >= 11 is 0. The van der Waals surface area contributed by atoms with Crippen LogP contribution >= 0.6 is 0 Å². The molecule has 23 heavy (non-hydrogen) atoms. The molecule has 3 N–H and O–H groups in total. The van der Waals surface area contributed by atoms with Crippen molar-refractivity contribution >= 4 is 15.9 Å². The maximum atomic E-state index is 12.2. The van der Waals surface area contributed by atoms with Crippen LogP contribution in [-0.4, -0.2) is 14.3 Å². The number of hydrogen-bond donors (Lipinski definition) is 2. The van der Waals surface area contributed by atoms with Crippen LogP contribution in [-0.2, 0) is 27.7 Å². The van der Waals surface area contributed by atoms with E-state index in [-0.39, 0.29) is 23.3 Å². The minimum atomic E-state index is -3.71. The minimum absolute atomic E-state index is 0.0197. The average molecular weight is 334 g/mol. The number of primary sulfonamides is 1. The molecule has 1 aliphatic rings. The SMILES string of the molecule is NS(=O)(=O)c1ccc(CC(=O)N[C@@H]2CCCc3occc32)cc1. The molecule has 1 heterocycles. The van der Waals surface area contributed by atoms with E-state index in [1.54, 1.807) is 18.4 Å². The van der Waals surface area contributed by atoms with Crippen LogP contribution < -0.4 is 10.5 Å². The van der Waals surface area contributed by atoms with Gasteiger partial charge in [0.2, 0.25) is 15.9 Å². The van der Waals surface area contributed by atoms with Gasteiger partial charge in [-0.2, -0.15) is 0 Å². The number of fused-ring (bicyclic) bond motifs is 1. The summed E-state index contributed by atoms with van der Waals surface area (Å²) in [6, 6.07) is 7.90. The number of sulfonamides is 1. The molecule has 1 aromatic carbocycles. The molecule has 122 valence electrons. The predicted octanol–water partition coefficient (Wildman–Crippen LogP) is 1.66. The topological polar surface area (TPSA) is 102 Å². The number of carbonyl (C=O) groups excluding carboxylic acids is 1. The molecule has 0 unspecified atom stereocenters. The van der Waals surface area contributed by atoms with E-state index in [1.165, 1.54) is 12.1 Å². The van der Waals surface area contributed by atoms with Gasteiger partial charge >= 0.3 is 0 Å². The van der Waals surface area contributed by atoms with E-state index in [0.29, 0.717) is 0 Å². The normalized spacial score (nSPS) is 17.5. The summed E-state index contributed by atoms with van der Waals surface area (Å²) in [5, 5.41) is 8.06. The van der Waals surface area contributed by atoms with Crippen molar-refractivity contribution in [1.29, 1.82) is 0 Å². The van der Waals surface area contributed by atoms with Gasteiger partial charge in [-0.15, -0.1) is 0 Å². The third-order valence-corrected chi connectivity index (χ3v) is 4.93. The molecule has 0 saturated carbocycles. The molecule has 0 spiro atoms. The van der Waals surface area contributed by atoms with E-state index < -0.39 is 10.0 Å². The molecule has 0 bridgehead atoms. The van der Waals surface area contributed by atoms with Crippen molar-refractivity contribution in [2.75, 3.05) is 0 Å². The Morgan fingerprint density at radius 2 is 2.00 bits per heavy atom. The number of furan rings is 1. The number of rotatable bonds is 4. The van der Waals surface area contributed by atoms with Crippen LogP contribution in [0.4, 0.5) is 0 Å². The predicted molar refractivity (Wildman–Crippen MR) is 84.0 cm³/mol. The molecule has 2 aromatic rings. The van der Waals surface area contributed by atoms with Crippen molar-refractivity contribution in [2.45, 2.75) is 36.6 Å². The van der Waals surface area contributed by atoms with Crippen LogP contribution in [0.1, 0.15) is 35.8 Å². The molecule has 0 fully saturated rings. The summed E-state index contributed by atoms with van der Waals surface area (Å²) in [6.07, 6.45) is 4.62. The zero-order valence-corrected chi connectivity index (χ0v) is 13.3. The van der Waals surface area contributed by atoms with Crippen molar-refractivity contribution < 1.29 is 17.6 Å². The van der Waals surface area contributed by atoms with Crippen LogP contribution in [0, 0.1) is 0 Å². The summed E-state index contributed by atoms with van der Waals surface area (Å²) in [6.45, 7) is 0. The first-order chi connectivity index (χ1) is 10.9. The van der Waals surface area contributed by atoms with E-state index in [2.05, 4.69) is 5.32 Å². The Balaban J connectivity index is 1.64. The number of carbonyl (C=O) groups is 1. The average Bonchev–Trinajstić information content (AvgIpc) is 2.96. The van der Waals surface area contributed by atoms with Crippen LogP contribution in [0.2, 0.25) is 0 Å². The third-order valence-electron chi connectivity index (χ3n) is 4.00. The highest BCUT2D eigenvalue weighted by molar-refractivity contribution is 7.89. The minimum Gasteiger partial charge on any atom is -0.469 e. The number of benzene rings is 1. The fourth-order valence-electron chi connectivity index (χ4n) is 2.86. The van der Waals surface area contributed by atoms with Gasteiger partial charge in [0.25, 0.3) is 0 Å². The largest absolute Gasteiger partial charge is 0.469 e. The smallest absolute Gasteiger partial charge is 0.238 e. The second-order valence-corrected chi connectivity index (χ2v) is 7.24. The van der Waals surface area contributed by atoms with Gasteiger partial charge in [-0.25, -0.2) is 13.6 Å². The highest BCUT2D eigenvalue weighted by Crippen LogP contribution is 2.30. The standard InChI is InChI=1S/C16H18N2O4S/c17-23(20,21)12-6-4-11(5-7-12)10-16(19)18-14-2-1-3-15-13(14)8-9-22-15/h4-9,14H,1-3,10H2,(H,18,19)(H2,17,20,21)/t14-/m1/s1. The second-order valence-electron chi connectivity index (χ2n) is 5.68. The Hall–Kier alpha value is -2.12. The molecule has 1 aliphatic carbocycles. The Morgan fingerprint density at radius 1 is 1.26 bits per heavy atom. The molecule has 6 nitrogen and oxygen atoms in total. The molecule has 1 amide bonds. The van der Waals surface area contributed by atoms with Crippen molar-refractivity contribution in [3.63, 3.8) is 0 Å². The summed E-state index contributed by atoms with van der Waals surface area (Å²) in [5.41, 5.74) is 1.78. The second kappa shape index (κ2) is 6.17. The quantitative estimate of drug-likeness (QED) is 0.887. The van der Waals surface area contributed by atoms with Crippen molar-refractivity contribution in [3.8, 4) is 0 Å². The van der Waals surface area contributed by atoms with Crippen molar-refractivity contribution in [2.24, 2.45) is 5.14 Å². The fraction of sp³-hybridized carbons (Fsp3) is 0.312. The van der Waals surface area contributed by atoms with Crippen LogP contribution in [0.3, 0.4) is 0 Å². The Morgan fingerprint density at radius 3 is 2.70 bits per heavy atom. The van der Waals surface area contributed by atoms with Crippen molar-refractivity contribution in [3.05, 3.63) is 53.5 Å². The van der Waals surface area contributed by atoms with E-state index >= 15 is 0 Å². The lowest BCUT2D eigenvalue weighted by molar-refractivity contribution is -0.121. The summed E-state index contributed by atoms with van der Waals surface area (Å²) < 4.78 is 27.8. The van der Waals surface area contributed by atoms with E-state index in [9.17, 15) is 13.2 Å². The molecular formula is C16H18N2O4S. The van der Waals surface area contributed by atoms with Gasteiger partial charge in [-0.05, 0) is 36.6 Å². The number of amides is 1. The van der Waals surface area contributed by atoms with Crippen LogP contribution in [0.15, 0.2) is 45.9 Å². The first-order valence-corrected chi connectivity index (χ1v) is 8.95. The third kappa shape index (κ3) is 3.62. The molecule has 0 radical (unpaired) electrons. The molecule has 7 heteroatoms. The highest BCUT2D eigenvalue weighted by Gasteiger charge is 2.23. The monoisotopic (exact) mass is 334 g/mol.